The summed E-state index contributed by atoms with van der Waals surface area (Å²) in [6.07, 6.45) is 1.40. The van der Waals surface area contributed by atoms with Crippen molar-refractivity contribution < 1.29 is 9.47 Å². The molecule has 6 nitrogen and oxygen atoms in total. The highest BCUT2D eigenvalue weighted by molar-refractivity contribution is 6.32. The molecule has 0 fully saturated rings. The number of aromatic nitrogens is 2. The lowest BCUT2D eigenvalue weighted by Gasteiger charge is -2.15. The number of para-hydroxylation sites is 2. The van der Waals surface area contributed by atoms with E-state index >= 15 is 0 Å². The topological polar surface area (TPSA) is 82.3 Å². The quantitative estimate of drug-likeness (QED) is 0.602. The van der Waals surface area contributed by atoms with Crippen LogP contribution in [-0.2, 0) is 0 Å². The first-order valence-electron chi connectivity index (χ1n) is 8.53. The summed E-state index contributed by atoms with van der Waals surface area (Å²) in [5, 5.41) is 3.90. The summed E-state index contributed by atoms with van der Waals surface area (Å²) in [5.74, 6) is 2.03. The van der Waals surface area contributed by atoms with Gasteiger partial charge in [0.1, 0.15) is 23.5 Å². The minimum atomic E-state index is 0.266. The Morgan fingerprint density at radius 3 is 2.52 bits per heavy atom. The Bertz CT molecular complexity index is 939. The molecule has 7 heteroatoms. The highest BCUT2D eigenvalue weighted by atomic mass is 35.5. The summed E-state index contributed by atoms with van der Waals surface area (Å²) >= 11 is 6.21. The van der Waals surface area contributed by atoms with E-state index in [2.05, 4.69) is 15.3 Å². The summed E-state index contributed by atoms with van der Waals surface area (Å²) in [7, 11) is 0. The maximum Gasteiger partial charge on any atom is 0.248 e. The van der Waals surface area contributed by atoms with Crippen LogP contribution in [0.25, 0.3) is 0 Å². The van der Waals surface area contributed by atoms with Gasteiger partial charge in [-0.15, -0.1) is 0 Å². The van der Waals surface area contributed by atoms with Crippen molar-refractivity contribution in [3.8, 4) is 17.4 Å². The molecule has 0 unspecified atom stereocenters. The zero-order chi connectivity index (χ0) is 19.4. The van der Waals surface area contributed by atoms with Crippen molar-refractivity contribution in [3.05, 3.63) is 58.9 Å². The molecule has 3 rings (SSSR count). The number of hydrogen-bond acceptors (Lipinski definition) is 6. The van der Waals surface area contributed by atoms with Crippen LogP contribution in [0.15, 0.2) is 42.7 Å². The van der Waals surface area contributed by atoms with Crippen molar-refractivity contribution in [3.63, 3.8) is 0 Å². The van der Waals surface area contributed by atoms with Crippen LogP contribution >= 0.6 is 11.6 Å². The van der Waals surface area contributed by atoms with Gasteiger partial charge < -0.3 is 20.5 Å². The summed E-state index contributed by atoms with van der Waals surface area (Å²) in [6.45, 7) is 6.33. The molecule has 2 aromatic carbocycles. The van der Waals surface area contributed by atoms with Crippen LogP contribution in [0.4, 0.5) is 17.2 Å². The molecule has 0 saturated carbocycles. The van der Waals surface area contributed by atoms with Crippen molar-refractivity contribution in [2.45, 2.75) is 20.8 Å². The van der Waals surface area contributed by atoms with E-state index < -0.39 is 0 Å². The lowest BCUT2D eigenvalue weighted by Crippen LogP contribution is -2.04. The molecule has 1 aromatic heterocycles. The van der Waals surface area contributed by atoms with Gasteiger partial charge in [0.05, 0.1) is 12.3 Å². The van der Waals surface area contributed by atoms with Gasteiger partial charge in [0.15, 0.2) is 5.82 Å². The molecule has 0 amide bonds. The molecule has 27 heavy (non-hydrogen) atoms. The molecule has 0 aliphatic carbocycles. The fraction of sp³-hybridized carbons (Fsp3) is 0.200. The number of rotatable bonds is 6. The zero-order valence-electron chi connectivity index (χ0n) is 15.4. The first-order chi connectivity index (χ1) is 13.0. The number of aryl methyl sites for hydroxylation is 2. The molecule has 3 N–H and O–H groups in total. The Hall–Kier alpha value is -2.99. The number of nitrogens with two attached hydrogens (primary N) is 1. The SMILES string of the molecule is CCOc1ccccc1Nc1ncnc(Oc2cc(C)c(Cl)c(C)c2)c1N. The Labute approximate surface area is 163 Å². The van der Waals surface area contributed by atoms with Crippen LogP contribution in [0.2, 0.25) is 5.02 Å². The summed E-state index contributed by atoms with van der Waals surface area (Å²) in [5.41, 5.74) is 9.13. The molecule has 0 spiro atoms. The molecule has 0 atom stereocenters. The van der Waals surface area contributed by atoms with Gasteiger partial charge in [0.25, 0.3) is 0 Å². The van der Waals surface area contributed by atoms with Gasteiger partial charge in [-0.25, -0.2) is 4.98 Å². The van der Waals surface area contributed by atoms with Crippen molar-refractivity contribution in [2.75, 3.05) is 17.7 Å². The molecular formula is C20H21ClN4O2. The van der Waals surface area contributed by atoms with Crippen molar-refractivity contribution in [1.82, 2.24) is 9.97 Å². The zero-order valence-corrected chi connectivity index (χ0v) is 16.2. The fourth-order valence-electron chi connectivity index (χ4n) is 2.62. The third kappa shape index (κ3) is 4.23. The smallest absolute Gasteiger partial charge is 0.248 e. The van der Waals surface area contributed by atoms with Crippen LogP contribution < -0.4 is 20.5 Å². The summed E-state index contributed by atoms with van der Waals surface area (Å²) in [6, 6.07) is 11.2. The molecule has 0 radical (unpaired) electrons. The predicted octanol–water partition coefficient (Wildman–Crippen LogP) is 5.26. The highest BCUT2D eigenvalue weighted by Crippen LogP contribution is 2.35. The summed E-state index contributed by atoms with van der Waals surface area (Å²) < 4.78 is 11.5. The second-order valence-corrected chi connectivity index (χ2v) is 6.35. The molecule has 1 heterocycles. The van der Waals surface area contributed by atoms with Crippen LogP contribution in [0, 0.1) is 13.8 Å². The number of anilines is 3. The minimum absolute atomic E-state index is 0.266. The Morgan fingerprint density at radius 2 is 1.81 bits per heavy atom. The Morgan fingerprint density at radius 1 is 1.11 bits per heavy atom. The number of nitrogen functional groups attached to an aromatic ring is 1. The van der Waals surface area contributed by atoms with Crippen LogP contribution in [-0.4, -0.2) is 16.6 Å². The molecule has 0 bridgehead atoms. The number of nitrogens with one attached hydrogen (secondary N) is 1. The van der Waals surface area contributed by atoms with Crippen LogP contribution in [0.3, 0.4) is 0 Å². The average Bonchev–Trinajstić information content (AvgIpc) is 2.65. The molecule has 0 aliphatic heterocycles. The van der Waals surface area contributed by atoms with Crippen molar-refractivity contribution >= 4 is 28.8 Å². The third-order valence-corrected chi connectivity index (χ3v) is 4.51. The third-order valence-electron chi connectivity index (χ3n) is 3.91. The predicted molar refractivity (Wildman–Crippen MR) is 108 cm³/mol. The van der Waals surface area contributed by atoms with E-state index in [1.54, 1.807) is 0 Å². The van der Waals surface area contributed by atoms with Gasteiger partial charge in [-0.05, 0) is 56.2 Å². The first-order valence-corrected chi connectivity index (χ1v) is 8.91. The van der Waals surface area contributed by atoms with Gasteiger partial charge in [0.2, 0.25) is 5.88 Å². The maximum atomic E-state index is 6.23. The van der Waals surface area contributed by atoms with Gasteiger partial charge in [-0.3, -0.25) is 0 Å². The first kappa shape index (κ1) is 18.8. The largest absolute Gasteiger partial charge is 0.492 e. The number of nitrogens with zero attached hydrogens (tertiary/aromatic N) is 2. The summed E-state index contributed by atoms with van der Waals surface area (Å²) in [4.78, 5) is 8.38. The van der Waals surface area contributed by atoms with Gasteiger partial charge >= 0.3 is 0 Å². The van der Waals surface area contributed by atoms with E-state index in [-0.39, 0.29) is 5.88 Å². The van der Waals surface area contributed by atoms with Crippen LogP contribution in [0.5, 0.6) is 17.4 Å². The lowest BCUT2D eigenvalue weighted by atomic mass is 10.1. The van der Waals surface area contributed by atoms with Crippen molar-refractivity contribution in [2.24, 2.45) is 0 Å². The highest BCUT2D eigenvalue weighted by Gasteiger charge is 2.13. The molecular weight excluding hydrogens is 364 g/mol. The van der Waals surface area contributed by atoms with E-state index in [0.29, 0.717) is 34.6 Å². The van der Waals surface area contributed by atoms with Crippen molar-refractivity contribution in [1.29, 1.82) is 0 Å². The lowest BCUT2D eigenvalue weighted by molar-refractivity contribution is 0.342. The van der Waals surface area contributed by atoms with Gasteiger partial charge in [-0.2, -0.15) is 4.98 Å². The van der Waals surface area contributed by atoms with E-state index in [1.807, 2.05) is 57.2 Å². The molecule has 140 valence electrons. The molecule has 0 aliphatic rings. The number of hydrogen-bond donors (Lipinski definition) is 2. The minimum Gasteiger partial charge on any atom is -0.492 e. The second kappa shape index (κ2) is 8.14. The monoisotopic (exact) mass is 384 g/mol. The van der Waals surface area contributed by atoms with E-state index in [0.717, 1.165) is 16.8 Å². The average molecular weight is 385 g/mol. The van der Waals surface area contributed by atoms with Crippen LogP contribution in [0.1, 0.15) is 18.1 Å². The number of benzene rings is 2. The molecule has 0 saturated heterocycles. The van der Waals surface area contributed by atoms with Gasteiger partial charge in [-0.1, -0.05) is 23.7 Å². The second-order valence-electron chi connectivity index (χ2n) is 5.97. The maximum absolute atomic E-state index is 6.23. The number of ether oxygens (including phenoxy) is 2. The van der Waals surface area contributed by atoms with E-state index in [4.69, 9.17) is 26.8 Å². The fourth-order valence-corrected chi connectivity index (χ4v) is 2.73. The molecule has 3 aromatic rings. The van der Waals surface area contributed by atoms with Gasteiger partial charge in [0, 0.05) is 5.02 Å². The normalized spacial score (nSPS) is 10.5. The standard InChI is InChI=1S/C20H21ClN4O2/c1-4-26-16-8-6-5-7-15(16)25-19-18(22)20(24-11-23-19)27-14-9-12(2)17(21)13(3)10-14/h5-11H,4,22H2,1-3H3,(H,23,24,25). The van der Waals surface area contributed by atoms with E-state index in [1.165, 1.54) is 6.33 Å². The van der Waals surface area contributed by atoms with E-state index in [9.17, 15) is 0 Å². The Kier molecular flexibility index (Phi) is 5.66. The number of halogens is 1. The Balaban J connectivity index is 1.89.